The van der Waals surface area contributed by atoms with Crippen LogP contribution in [-0.4, -0.2) is 4.98 Å². The normalized spacial score (nSPS) is 11.5. The molecule has 0 fully saturated rings. The standard InChI is InChI=1S/C13H11BrN2O/c1-10-6-7-16(9-15-10)8-13(17)11-2-4-12(14)5-3-11/h2-9H,1H3/b13-8+. The first-order valence-corrected chi connectivity index (χ1v) is 5.92. The van der Waals surface area contributed by atoms with E-state index in [9.17, 15) is 5.11 Å². The average Bonchev–Trinajstić information content (AvgIpc) is 2.33. The lowest BCUT2D eigenvalue weighted by molar-refractivity contribution is -0.573. The maximum Gasteiger partial charge on any atom is 0.290 e. The lowest BCUT2D eigenvalue weighted by Crippen LogP contribution is -2.27. The van der Waals surface area contributed by atoms with Crippen molar-refractivity contribution in [1.29, 1.82) is 0 Å². The van der Waals surface area contributed by atoms with Crippen molar-refractivity contribution in [3.63, 3.8) is 0 Å². The summed E-state index contributed by atoms with van der Waals surface area (Å²) in [5, 5.41) is 11.9. The van der Waals surface area contributed by atoms with Crippen molar-refractivity contribution in [3.8, 4) is 0 Å². The molecule has 0 radical (unpaired) electrons. The Hall–Kier alpha value is -1.68. The highest BCUT2D eigenvalue weighted by Gasteiger charge is 1.97. The molecule has 3 nitrogen and oxygen atoms in total. The zero-order chi connectivity index (χ0) is 12.3. The number of rotatable bonds is 2. The number of nitrogens with zero attached hydrogens (tertiary/aromatic N) is 2. The largest absolute Gasteiger partial charge is 0.870 e. The van der Waals surface area contributed by atoms with Crippen molar-refractivity contribution in [2.24, 2.45) is 0 Å². The first-order chi connectivity index (χ1) is 8.15. The van der Waals surface area contributed by atoms with Crippen LogP contribution in [0.2, 0.25) is 0 Å². The smallest absolute Gasteiger partial charge is 0.290 e. The molecule has 0 bridgehead atoms. The van der Waals surface area contributed by atoms with Gasteiger partial charge in [-0.15, -0.1) is 0 Å². The van der Waals surface area contributed by atoms with E-state index in [0.717, 1.165) is 10.2 Å². The highest BCUT2D eigenvalue weighted by atomic mass is 79.9. The van der Waals surface area contributed by atoms with Gasteiger partial charge in [-0.25, -0.2) is 4.57 Å². The second kappa shape index (κ2) is 5.10. The van der Waals surface area contributed by atoms with E-state index in [1.165, 1.54) is 6.20 Å². The Labute approximate surface area is 108 Å². The van der Waals surface area contributed by atoms with Crippen LogP contribution in [0.4, 0.5) is 0 Å². The summed E-state index contributed by atoms with van der Waals surface area (Å²) in [5.41, 5.74) is 1.58. The zero-order valence-corrected chi connectivity index (χ0v) is 10.9. The van der Waals surface area contributed by atoms with Gasteiger partial charge >= 0.3 is 0 Å². The van der Waals surface area contributed by atoms with Crippen LogP contribution in [0.1, 0.15) is 11.3 Å². The molecule has 0 saturated heterocycles. The van der Waals surface area contributed by atoms with Crippen molar-refractivity contribution in [2.45, 2.75) is 6.92 Å². The number of aryl methyl sites for hydroxylation is 1. The van der Waals surface area contributed by atoms with Gasteiger partial charge in [-0.05, 0) is 17.7 Å². The van der Waals surface area contributed by atoms with Crippen molar-refractivity contribution < 1.29 is 9.67 Å². The summed E-state index contributed by atoms with van der Waals surface area (Å²) in [6.45, 7) is 1.90. The molecule has 4 heteroatoms. The molecule has 1 aromatic carbocycles. The Balaban J connectivity index is 2.27. The third kappa shape index (κ3) is 3.14. The molecule has 0 aliphatic heterocycles. The van der Waals surface area contributed by atoms with Gasteiger partial charge in [0.1, 0.15) is 0 Å². The molecule has 0 aliphatic rings. The summed E-state index contributed by atoms with van der Waals surface area (Å²) >= 11 is 3.33. The van der Waals surface area contributed by atoms with E-state index in [0.29, 0.717) is 5.56 Å². The van der Waals surface area contributed by atoms with Gasteiger partial charge in [-0.2, -0.15) is 0 Å². The lowest BCUT2D eigenvalue weighted by atomic mass is 10.2. The molecule has 1 heterocycles. The molecule has 0 unspecified atom stereocenters. The summed E-state index contributed by atoms with van der Waals surface area (Å²) in [5.74, 6) is -0.0480. The van der Waals surface area contributed by atoms with Gasteiger partial charge in [-0.1, -0.05) is 38.8 Å². The van der Waals surface area contributed by atoms with Crippen LogP contribution in [0.5, 0.6) is 0 Å². The molecule has 2 aromatic rings. The average molecular weight is 291 g/mol. The topological polar surface area (TPSA) is 39.8 Å². The summed E-state index contributed by atoms with van der Waals surface area (Å²) in [6.07, 6.45) is 4.93. The molecular formula is C13H11BrN2O. The lowest BCUT2D eigenvalue weighted by Gasteiger charge is -2.10. The maximum atomic E-state index is 11.9. The number of benzene rings is 1. The molecule has 1 aromatic heterocycles. The van der Waals surface area contributed by atoms with Crippen molar-refractivity contribution in [3.05, 3.63) is 58.6 Å². The van der Waals surface area contributed by atoms with Gasteiger partial charge in [0.2, 0.25) is 0 Å². The Kier molecular flexibility index (Phi) is 3.54. The van der Waals surface area contributed by atoms with Gasteiger partial charge in [0.15, 0.2) is 5.69 Å². The van der Waals surface area contributed by atoms with E-state index in [1.807, 2.05) is 25.1 Å². The van der Waals surface area contributed by atoms with E-state index < -0.39 is 0 Å². The fourth-order valence-corrected chi connectivity index (χ4v) is 1.60. The van der Waals surface area contributed by atoms with Crippen LogP contribution in [0.3, 0.4) is 0 Å². The molecule has 86 valence electrons. The Morgan fingerprint density at radius 1 is 1.29 bits per heavy atom. The van der Waals surface area contributed by atoms with E-state index in [1.54, 1.807) is 29.2 Å². The van der Waals surface area contributed by atoms with Crippen LogP contribution in [0.25, 0.3) is 12.0 Å². The minimum atomic E-state index is -0.0480. The highest BCUT2D eigenvalue weighted by molar-refractivity contribution is 9.10. The second-order valence-electron chi connectivity index (χ2n) is 3.65. The van der Waals surface area contributed by atoms with Crippen LogP contribution >= 0.6 is 15.9 Å². The van der Waals surface area contributed by atoms with Crippen molar-refractivity contribution in [1.82, 2.24) is 4.98 Å². The summed E-state index contributed by atoms with van der Waals surface area (Å²) < 4.78 is 2.61. The van der Waals surface area contributed by atoms with Gasteiger partial charge in [0.05, 0.1) is 12.4 Å². The molecule has 2 rings (SSSR count). The Morgan fingerprint density at radius 2 is 2.00 bits per heavy atom. The predicted molar refractivity (Wildman–Crippen MR) is 67.5 cm³/mol. The fourth-order valence-electron chi connectivity index (χ4n) is 1.33. The first-order valence-electron chi connectivity index (χ1n) is 5.13. The fraction of sp³-hybridized carbons (Fsp3) is 0.0769. The van der Waals surface area contributed by atoms with Gasteiger partial charge in [-0.3, -0.25) is 0 Å². The molecule has 0 saturated carbocycles. The van der Waals surface area contributed by atoms with Gasteiger partial charge < -0.3 is 5.11 Å². The Bertz CT molecular complexity index is 532. The second-order valence-corrected chi connectivity index (χ2v) is 4.56. The van der Waals surface area contributed by atoms with E-state index >= 15 is 0 Å². The molecule has 0 N–H and O–H groups in total. The predicted octanol–water partition coefficient (Wildman–Crippen LogP) is 1.76. The van der Waals surface area contributed by atoms with Gasteiger partial charge in [0, 0.05) is 17.5 Å². The molecule has 0 amide bonds. The SMILES string of the molecule is Cc1cc[n+](/C=C(/[O-])c2ccc(Br)cc2)cn1. The van der Waals surface area contributed by atoms with Crippen LogP contribution in [0, 0.1) is 6.92 Å². The minimum Gasteiger partial charge on any atom is -0.870 e. The van der Waals surface area contributed by atoms with E-state index in [-0.39, 0.29) is 5.76 Å². The molecule has 17 heavy (non-hydrogen) atoms. The number of hydrogen-bond donors (Lipinski definition) is 0. The highest BCUT2D eigenvalue weighted by Crippen LogP contribution is 2.13. The van der Waals surface area contributed by atoms with E-state index in [2.05, 4.69) is 20.9 Å². The number of aromatic nitrogens is 2. The van der Waals surface area contributed by atoms with Crippen LogP contribution in [-0.2, 0) is 0 Å². The van der Waals surface area contributed by atoms with Gasteiger partial charge in [0.25, 0.3) is 6.33 Å². The molecular weight excluding hydrogens is 280 g/mol. The van der Waals surface area contributed by atoms with E-state index in [4.69, 9.17) is 0 Å². The quantitative estimate of drug-likeness (QED) is 0.625. The summed E-state index contributed by atoms with van der Waals surface area (Å²) in [6, 6.07) is 9.11. The number of halogens is 1. The molecule has 0 spiro atoms. The maximum absolute atomic E-state index is 11.9. The van der Waals surface area contributed by atoms with Crippen LogP contribution in [0.15, 0.2) is 47.3 Å². The monoisotopic (exact) mass is 290 g/mol. The van der Waals surface area contributed by atoms with Crippen molar-refractivity contribution in [2.75, 3.05) is 0 Å². The third-order valence-electron chi connectivity index (χ3n) is 2.28. The number of hydrogen-bond acceptors (Lipinski definition) is 2. The first kappa shape index (κ1) is 11.8. The zero-order valence-electron chi connectivity index (χ0n) is 9.30. The van der Waals surface area contributed by atoms with Crippen molar-refractivity contribution >= 4 is 27.9 Å². The molecule has 0 aliphatic carbocycles. The Morgan fingerprint density at radius 3 is 2.59 bits per heavy atom. The molecule has 0 atom stereocenters. The van der Waals surface area contributed by atoms with Crippen LogP contribution < -0.4 is 9.67 Å². The minimum absolute atomic E-state index is 0.0480. The summed E-state index contributed by atoms with van der Waals surface area (Å²) in [7, 11) is 0. The third-order valence-corrected chi connectivity index (χ3v) is 2.81. The summed E-state index contributed by atoms with van der Waals surface area (Å²) in [4.78, 5) is 4.11.